The van der Waals surface area contributed by atoms with Gasteiger partial charge in [0.05, 0.1) is 5.69 Å². The van der Waals surface area contributed by atoms with Crippen molar-refractivity contribution in [3.63, 3.8) is 0 Å². The second-order valence-corrected chi connectivity index (χ2v) is 4.35. The van der Waals surface area contributed by atoms with Crippen molar-refractivity contribution in [2.75, 3.05) is 0 Å². The second-order valence-electron chi connectivity index (χ2n) is 4.35. The molecule has 2 aromatic rings. The summed E-state index contributed by atoms with van der Waals surface area (Å²) in [5, 5.41) is 9.07. The minimum absolute atomic E-state index is 0.175. The number of benzene rings is 1. The van der Waals surface area contributed by atoms with Crippen LogP contribution in [0.25, 0.3) is 0 Å². The van der Waals surface area contributed by atoms with E-state index < -0.39 is 5.97 Å². The van der Waals surface area contributed by atoms with Crippen molar-refractivity contribution >= 4 is 5.97 Å². The molecule has 1 aromatic heterocycles. The lowest BCUT2D eigenvalue weighted by Crippen LogP contribution is -2.07. The van der Waals surface area contributed by atoms with Crippen molar-refractivity contribution in [2.24, 2.45) is 7.05 Å². The maximum absolute atomic E-state index is 11.1. The maximum atomic E-state index is 11.1. The zero-order valence-corrected chi connectivity index (χ0v) is 11.1. The van der Waals surface area contributed by atoms with E-state index in [-0.39, 0.29) is 5.69 Å². The largest absolute Gasteiger partial charge is 0.477 e. The molecular formula is C15H14N2O2. The molecule has 2 rings (SSSR count). The molecule has 0 aliphatic rings. The standard InChI is InChI=1S/C15H14N2O2/c1-10-5-4-6-12(9-10)7-8-13-16-11(2)14(15(18)19)17(13)3/h4-6,9H,1-3H3,(H,18,19). The molecule has 0 atom stereocenters. The Kier molecular flexibility index (Phi) is 3.39. The van der Waals surface area contributed by atoms with E-state index in [9.17, 15) is 4.79 Å². The molecular weight excluding hydrogens is 240 g/mol. The van der Waals surface area contributed by atoms with Gasteiger partial charge in [-0.05, 0) is 37.5 Å². The number of hydrogen-bond acceptors (Lipinski definition) is 2. The summed E-state index contributed by atoms with van der Waals surface area (Å²) >= 11 is 0. The normalized spacial score (nSPS) is 9.84. The smallest absolute Gasteiger partial charge is 0.354 e. The first-order chi connectivity index (χ1) is 8.99. The third kappa shape index (κ3) is 2.66. The van der Waals surface area contributed by atoms with Gasteiger partial charge >= 0.3 is 5.97 Å². The van der Waals surface area contributed by atoms with Crippen molar-refractivity contribution in [2.45, 2.75) is 13.8 Å². The predicted molar refractivity (Wildman–Crippen MR) is 72.1 cm³/mol. The summed E-state index contributed by atoms with van der Waals surface area (Å²) in [5.74, 6) is 5.37. The lowest BCUT2D eigenvalue weighted by Gasteiger charge is -1.97. The van der Waals surface area contributed by atoms with Crippen LogP contribution >= 0.6 is 0 Å². The highest BCUT2D eigenvalue weighted by molar-refractivity contribution is 5.87. The molecule has 0 bridgehead atoms. The summed E-state index contributed by atoms with van der Waals surface area (Å²) in [5.41, 5.74) is 2.67. The van der Waals surface area contributed by atoms with Crippen LogP contribution in [0.1, 0.15) is 33.1 Å². The van der Waals surface area contributed by atoms with Gasteiger partial charge in [0.25, 0.3) is 0 Å². The summed E-state index contributed by atoms with van der Waals surface area (Å²) in [6.45, 7) is 3.67. The van der Waals surface area contributed by atoms with Crippen LogP contribution in [0.4, 0.5) is 0 Å². The van der Waals surface area contributed by atoms with Gasteiger partial charge in [0, 0.05) is 12.6 Å². The van der Waals surface area contributed by atoms with Gasteiger partial charge in [0.2, 0.25) is 0 Å². The van der Waals surface area contributed by atoms with Crippen LogP contribution in [-0.4, -0.2) is 20.6 Å². The third-order valence-electron chi connectivity index (χ3n) is 2.81. The number of aromatic nitrogens is 2. The van der Waals surface area contributed by atoms with Gasteiger partial charge < -0.3 is 9.67 Å². The van der Waals surface area contributed by atoms with Crippen molar-refractivity contribution in [3.8, 4) is 11.8 Å². The molecule has 96 valence electrons. The minimum atomic E-state index is -0.990. The number of nitrogens with zero attached hydrogens (tertiary/aromatic N) is 2. The average molecular weight is 254 g/mol. The van der Waals surface area contributed by atoms with Crippen LogP contribution in [-0.2, 0) is 7.05 Å². The van der Waals surface area contributed by atoms with E-state index in [1.165, 1.54) is 4.57 Å². The Bertz CT molecular complexity index is 703. The lowest BCUT2D eigenvalue weighted by atomic mass is 10.1. The zero-order valence-electron chi connectivity index (χ0n) is 11.1. The first-order valence-electron chi connectivity index (χ1n) is 5.84. The Morgan fingerprint density at radius 1 is 1.32 bits per heavy atom. The third-order valence-corrected chi connectivity index (χ3v) is 2.81. The van der Waals surface area contributed by atoms with Gasteiger partial charge in [0.1, 0.15) is 0 Å². The van der Waals surface area contributed by atoms with Crippen LogP contribution in [0.15, 0.2) is 24.3 Å². The van der Waals surface area contributed by atoms with E-state index in [0.717, 1.165) is 11.1 Å². The van der Waals surface area contributed by atoms with Gasteiger partial charge in [-0.3, -0.25) is 0 Å². The molecule has 1 heterocycles. The Morgan fingerprint density at radius 2 is 2.05 bits per heavy atom. The number of rotatable bonds is 1. The topological polar surface area (TPSA) is 55.1 Å². The molecule has 0 amide bonds. The van der Waals surface area contributed by atoms with Gasteiger partial charge in [-0.15, -0.1) is 0 Å². The van der Waals surface area contributed by atoms with Gasteiger partial charge in [-0.25, -0.2) is 9.78 Å². The van der Waals surface area contributed by atoms with Crippen LogP contribution in [0, 0.1) is 25.7 Å². The molecule has 0 saturated heterocycles. The quantitative estimate of drug-likeness (QED) is 0.793. The van der Waals surface area contributed by atoms with E-state index in [4.69, 9.17) is 5.11 Å². The zero-order chi connectivity index (χ0) is 14.0. The van der Waals surface area contributed by atoms with Crippen LogP contribution < -0.4 is 0 Å². The second kappa shape index (κ2) is 4.99. The highest BCUT2D eigenvalue weighted by Gasteiger charge is 2.15. The number of imidazole rings is 1. The summed E-state index contributed by atoms with van der Waals surface area (Å²) < 4.78 is 1.50. The number of aromatic carboxylic acids is 1. The Labute approximate surface area is 111 Å². The summed E-state index contributed by atoms with van der Waals surface area (Å²) in [7, 11) is 1.66. The maximum Gasteiger partial charge on any atom is 0.354 e. The summed E-state index contributed by atoms with van der Waals surface area (Å²) in [6, 6.07) is 7.82. The van der Waals surface area contributed by atoms with Gasteiger partial charge in [-0.2, -0.15) is 0 Å². The molecule has 4 nitrogen and oxygen atoms in total. The van der Waals surface area contributed by atoms with E-state index in [1.54, 1.807) is 14.0 Å². The molecule has 0 spiro atoms. The summed E-state index contributed by atoms with van der Waals surface area (Å²) in [6.07, 6.45) is 0. The van der Waals surface area contributed by atoms with E-state index in [0.29, 0.717) is 11.5 Å². The predicted octanol–water partition coefficient (Wildman–Crippen LogP) is 2.13. The molecule has 4 heteroatoms. The monoisotopic (exact) mass is 254 g/mol. The lowest BCUT2D eigenvalue weighted by molar-refractivity contribution is 0.0685. The van der Waals surface area contributed by atoms with E-state index >= 15 is 0 Å². The Hall–Kier alpha value is -2.54. The first kappa shape index (κ1) is 12.9. The fraction of sp³-hybridized carbons (Fsp3) is 0.200. The highest BCUT2D eigenvalue weighted by atomic mass is 16.4. The van der Waals surface area contributed by atoms with Crippen molar-refractivity contribution in [1.29, 1.82) is 0 Å². The van der Waals surface area contributed by atoms with Crippen LogP contribution in [0.2, 0.25) is 0 Å². The SMILES string of the molecule is Cc1cccc(C#Cc2nc(C)c(C(=O)O)n2C)c1. The van der Waals surface area contributed by atoms with Crippen molar-refractivity contribution < 1.29 is 9.90 Å². The molecule has 1 aromatic carbocycles. The molecule has 0 fully saturated rings. The highest BCUT2D eigenvalue weighted by Crippen LogP contribution is 2.09. The Morgan fingerprint density at radius 3 is 2.63 bits per heavy atom. The van der Waals surface area contributed by atoms with Crippen molar-refractivity contribution in [1.82, 2.24) is 9.55 Å². The molecule has 0 radical (unpaired) electrons. The number of hydrogen-bond donors (Lipinski definition) is 1. The van der Waals surface area contributed by atoms with Crippen LogP contribution in [0.3, 0.4) is 0 Å². The fourth-order valence-electron chi connectivity index (χ4n) is 1.90. The number of carbonyl (C=O) groups is 1. The molecule has 0 aliphatic heterocycles. The summed E-state index contributed by atoms with van der Waals surface area (Å²) in [4.78, 5) is 15.2. The molecule has 0 unspecified atom stereocenters. The first-order valence-corrected chi connectivity index (χ1v) is 5.84. The number of carboxylic acid groups (broad SMARTS) is 1. The fourth-order valence-corrected chi connectivity index (χ4v) is 1.90. The van der Waals surface area contributed by atoms with E-state index in [1.807, 2.05) is 31.2 Å². The van der Waals surface area contributed by atoms with Crippen LogP contribution in [0.5, 0.6) is 0 Å². The number of carboxylic acids is 1. The van der Waals surface area contributed by atoms with Gasteiger partial charge in [-0.1, -0.05) is 18.1 Å². The minimum Gasteiger partial charge on any atom is -0.477 e. The molecule has 0 aliphatic carbocycles. The molecule has 19 heavy (non-hydrogen) atoms. The van der Waals surface area contributed by atoms with Crippen molar-refractivity contribution in [3.05, 3.63) is 52.6 Å². The van der Waals surface area contributed by atoms with E-state index in [2.05, 4.69) is 16.8 Å². The molecule has 0 saturated carbocycles. The Balaban J connectivity index is 2.41. The molecule has 1 N–H and O–H groups in total. The number of aryl methyl sites for hydroxylation is 2. The average Bonchev–Trinajstić information content (AvgIpc) is 2.62. The van der Waals surface area contributed by atoms with Gasteiger partial charge in [0.15, 0.2) is 11.5 Å².